The molecule has 1 aromatic rings. The van der Waals surface area contributed by atoms with Gasteiger partial charge in [-0.1, -0.05) is 0 Å². The number of rotatable bonds is 8. The average molecular weight is 254 g/mol. The molecule has 1 N–H and O–H groups in total. The lowest BCUT2D eigenvalue weighted by atomic mass is 10.2. The summed E-state index contributed by atoms with van der Waals surface area (Å²) in [6.07, 6.45) is 5.61. The third kappa shape index (κ3) is 4.36. The summed E-state index contributed by atoms with van der Waals surface area (Å²) in [4.78, 5) is 4.27. The molecule has 6 nitrogen and oxygen atoms in total. The van der Waals surface area contributed by atoms with Gasteiger partial charge in [0.1, 0.15) is 6.33 Å². The van der Waals surface area contributed by atoms with Gasteiger partial charge in [0, 0.05) is 26.8 Å². The number of aryl methyl sites for hydroxylation is 1. The van der Waals surface area contributed by atoms with E-state index in [1.54, 1.807) is 13.4 Å². The van der Waals surface area contributed by atoms with Crippen molar-refractivity contribution in [3.8, 4) is 0 Å². The maximum Gasteiger partial charge on any atom is 0.164 e. The number of nitrogens with zero attached hydrogens (tertiary/aromatic N) is 3. The smallest absolute Gasteiger partial charge is 0.164 e. The van der Waals surface area contributed by atoms with E-state index in [1.807, 2.05) is 4.68 Å². The fraction of sp³-hybridized carbons (Fsp3) is 0.833. The minimum atomic E-state index is 0.414. The highest BCUT2D eigenvalue weighted by molar-refractivity contribution is 4.81. The molecule has 0 aromatic carbocycles. The summed E-state index contributed by atoms with van der Waals surface area (Å²) in [5.41, 5.74) is 0. The maximum atomic E-state index is 5.59. The van der Waals surface area contributed by atoms with Crippen LogP contribution in [0.3, 0.4) is 0 Å². The molecule has 2 heterocycles. The molecule has 1 fully saturated rings. The van der Waals surface area contributed by atoms with Crippen LogP contribution in [0.25, 0.3) is 0 Å². The van der Waals surface area contributed by atoms with Crippen LogP contribution < -0.4 is 5.32 Å². The topological polar surface area (TPSA) is 61.2 Å². The van der Waals surface area contributed by atoms with Crippen molar-refractivity contribution in [3.05, 3.63) is 12.2 Å². The Morgan fingerprint density at radius 1 is 1.61 bits per heavy atom. The Morgan fingerprint density at radius 3 is 3.33 bits per heavy atom. The zero-order valence-electron chi connectivity index (χ0n) is 11.0. The monoisotopic (exact) mass is 254 g/mol. The summed E-state index contributed by atoms with van der Waals surface area (Å²) < 4.78 is 12.4. The molecule has 1 atom stereocenters. The summed E-state index contributed by atoms with van der Waals surface area (Å²) in [5.74, 6) is 0.832. The fourth-order valence-corrected chi connectivity index (χ4v) is 2.04. The molecule has 0 aliphatic carbocycles. The Kier molecular flexibility index (Phi) is 5.57. The van der Waals surface area contributed by atoms with Crippen LogP contribution in [0.1, 0.15) is 25.1 Å². The number of hydrogen-bond donors (Lipinski definition) is 1. The van der Waals surface area contributed by atoms with Crippen LogP contribution in [0, 0.1) is 0 Å². The molecule has 102 valence electrons. The van der Waals surface area contributed by atoms with E-state index in [0.717, 1.165) is 31.9 Å². The van der Waals surface area contributed by atoms with E-state index in [9.17, 15) is 0 Å². The summed E-state index contributed by atoms with van der Waals surface area (Å²) >= 11 is 0. The number of ether oxygens (including phenoxy) is 2. The van der Waals surface area contributed by atoms with E-state index in [0.29, 0.717) is 19.3 Å². The quantitative estimate of drug-likeness (QED) is 0.688. The molecule has 1 unspecified atom stereocenters. The van der Waals surface area contributed by atoms with Gasteiger partial charge in [-0.05, 0) is 19.3 Å². The van der Waals surface area contributed by atoms with Crippen molar-refractivity contribution in [3.63, 3.8) is 0 Å². The van der Waals surface area contributed by atoms with E-state index in [1.165, 1.54) is 12.8 Å². The average Bonchev–Trinajstić information content (AvgIpc) is 3.03. The third-order valence-electron chi connectivity index (χ3n) is 3.05. The van der Waals surface area contributed by atoms with Gasteiger partial charge < -0.3 is 14.8 Å². The zero-order chi connectivity index (χ0) is 12.6. The summed E-state index contributed by atoms with van der Waals surface area (Å²) in [5, 5.41) is 7.64. The number of hydrogen-bond acceptors (Lipinski definition) is 5. The third-order valence-corrected chi connectivity index (χ3v) is 3.05. The van der Waals surface area contributed by atoms with Crippen LogP contribution in [0.15, 0.2) is 6.33 Å². The van der Waals surface area contributed by atoms with Gasteiger partial charge in [-0.25, -0.2) is 4.98 Å². The molecule has 0 bridgehead atoms. The van der Waals surface area contributed by atoms with Crippen molar-refractivity contribution < 1.29 is 9.47 Å². The minimum absolute atomic E-state index is 0.414. The van der Waals surface area contributed by atoms with Gasteiger partial charge in [0.15, 0.2) is 5.82 Å². The normalized spacial score (nSPS) is 19.5. The van der Waals surface area contributed by atoms with Gasteiger partial charge in [-0.2, -0.15) is 5.10 Å². The van der Waals surface area contributed by atoms with E-state index < -0.39 is 0 Å². The first kappa shape index (κ1) is 13.5. The number of methoxy groups -OCH3 is 1. The Hall–Kier alpha value is -0.980. The highest BCUT2D eigenvalue weighted by Gasteiger charge is 2.15. The first-order chi connectivity index (χ1) is 8.88. The molecule has 0 radical (unpaired) electrons. The molecule has 1 saturated heterocycles. The fourth-order valence-electron chi connectivity index (χ4n) is 2.04. The maximum absolute atomic E-state index is 5.59. The molecule has 1 aliphatic rings. The van der Waals surface area contributed by atoms with Crippen molar-refractivity contribution in [2.24, 2.45) is 0 Å². The molecule has 2 rings (SSSR count). The first-order valence-electron chi connectivity index (χ1n) is 6.58. The Morgan fingerprint density at radius 2 is 2.56 bits per heavy atom. The van der Waals surface area contributed by atoms with Gasteiger partial charge in [0.25, 0.3) is 0 Å². The summed E-state index contributed by atoms with van der Waals surface area (Å²) in [7, 11) is 1.69. The van der Waals surface area contributed by atoms with E-state index in [4.69, 9.17) is 9.47 Å². The lowest BCUT2D eigenvalue weighted by Crippen LogP contribution is -2.19. The van der Waals surface area contributed by atoms with Crippen LogP contribution in [0.5, 0.6) is 0 Å². The molecular weight excluding hydrogens is 232 g/mol. The van der Waals surface area contributed by atoms with Crippen molar-refractivity contribution in [1.82, 2.24) is 20.1 Å². The number of nitrogens with one attached hydrogen (secondary N) is 1. The van der Waals surface area contributed by atoms with Crippen LogP contribution in [0.4, 0.5) is 0 Å². The molecule has 0 spiro atoms. The predicted molar refractivity (Wildman–Crippen MR) is 67.2 cm³/mol. The lowest BCUT2D eigenvalue weighted by Gasteiger charge is -2.08. The van der Waals surface area contributed by atoms with Gasteiger partial charge in [0.05, 0.1) is 19.3 Å². The highest BCUT2D eigenvalue weighted by atomic mass is 16.5. The minimum Gasteiger partial charge on any atom is -0.383 e. The second-order valence-electron chi connectivity index (χ2n) is 4.52. The van der Waals surface area contributed by atoms with Crippen molar-refractivity contribution in [2.75, 3.05) is 26.9 Å². The van der Waals surface area contributed by atoms with Gasteiger partial charge in [-0.15, -0.1) is 0 Å². The standard InChI is InChI=1S/C12H22N4O2/c1-17-8-5-13-9-12-14-10-16(15-12)6-4-11-3-2-7-18-11/h10-11,13H,2-9H2,1H3. The summed E-state index contributed by atoms with van der Waals surface area (Å²) in [6.45, 7) is 4.02. The molecular formula is C12H22N4O2. The van der Waals surface area contributed by atoms with Crippen molar-refractivity contribution >= 4 is 0 Å². The second-order valence-corrected chi connectivity index (χ2v) is 4.52. The van der Waals surface area contributed by atoms with Crippen molar-refractivity contribution in [2.45, 2.75) is 38.5 Å². The van der Waals surface area contributed by atoms with Gasteiger partial charge in [-0.3, -0.25) is 4.68 Å². The molecule has 6 heteroatoms. The second kappa shape index (κ2) is 7.45. The highest BCUT2D eigenvalue weighted by Crippen LogP contribution is 2.15. The van der Waals surface area contributed by atoms with Crippen LogP contribution in [0.2, 0.25) is 0 Å². The van der Waals surface area contributed by atoms with E-state index in [2.05, 4.69) is 15.4 Å². The molecule has 0 saturated carbocycles. The van der Waals surface area contributed by atoms with Crippen molar-refractivity contribution in [1.29, 1.82) is 0 Å². The Labute approximate surface area is 108 Å². The van der Waals surface area contributed by atoms with E-state index in [-0.39, 0.29) is 0 Å². The molecule has 1 aliphatic heterocycles. The van der Waals surface area contributed by atoms with Crippen LogP contribution in [-0.2, 0) is 22.6 Å². The number of aromatic nitrogens is 3. The Balaban J connectivity index is 1.65. The SMILES string of the molecule is COCCNCc1ncn(CCC2CCCO2)n1. The van der Waals surface area contributed by atoms with Gasteiger partial charge >= 0.3 is 0 Å². The largest absolute Gasteiger partial charge is 0.383 e. The zero-order valence-corrected chi connectivity index (χ0v) is 11.0. The molecule has 18 heavy (non-hydrogen) atoms. The predicted octanol–water partition coefficient (Wildman–Crippen LogP) is 0.583. The molecule has 1 aromatic heterocycles. The lowest BCUT2D eigenvalue weighted by molar-refractivity contribution is 0.0994. The van der Waals surface area contributed by atoms with E-state index >= 15 is 0 Å². The van der Waals surface area contributed by atoms with Crippen LogP contribution >= 0.6 is 0 Å². The Bertz CT molecular complexity index is 337. The first-order valence-corrected chi connectivity index (χ1v) is 6.58. The van der Waals surface area contributed by atoms with Crippen LogP contribution in [-0.4, -0.2) is 47.7 Å². The summed E-state index contributed by atoms with van der Waals surface area (Å²) in [6, 6.07) is 0. The van der Waals surface area contributed by atoms with Gasteiger partial charge in [0.2, 0.25) is 0 Å². The molecule has 0 amide bonds.